The third-order valence-corrected chi connectivity index (χ3v) is 3.89. The minimum Gasteiger partial charge on any atom is -0.443 e. The molecule has 1 fully saturated rings. The Balaban J connectivity index is 1.58. The highest BCUT2D eigenvalue weighted by Crippen LogP contribution is 2.16. The van der Waals surface area contributed by atoms with E-state index in [2.05, 4.69) is 16.8 Å². The molecule has 3 rings (SSSR count). The van der Waals surface area contributed by atoms with Gasteiger partial charge in [0.05, 0.1) is 19.1 Å². The van der Waals surface area contributed by atoms with E-state index in [9.17, 15) is 4.79 Å². The summed E-state index contributed by atoms with van der Waals surface area (Å²) in [6.45, 7) is 1.58. The van der Waals surface area contributed by atoms with Gasteiger partial charge in [-0.05, 0) is 18.2 Å². The topological polar surface area (TPSA) is 51.1 Å². The van der Waals surface area contributed by atoms with E-state index in [0.717, 1.165) is 12.0 Å². The fourth-order valence-corrected chi connectivity index (χ4v) is 2.62. The van der Waals surface area contributed by atoms with Crippen molar-refractivity contribution < 1.29 is 14.3 Å². The Morgan fingerprint density at radius 2 is 2.21 bits per heavy atom. The standard InChI is InChI=1S/C19H20N2O3/c1-23-14-17-11-12-21(19(22)24-17)18-10-9-16(13-20-18)8-7-15-5-3-2-4-6-15/h2-6,9-10,16-17H,11-14H2,1H3. The molecule has 1 amide bonds. The van der Waals surface area contributed by atoms with E-state index in [-0.39, 0.29) is 18.1 Å². The fraction of sp³-hybridized carbons (Fsp3) is 0.368. The van der Waals surface area contributed by atoms with Crippen molar-refractivity contribution in [2.45, 2.75) is 12.5 Å². The Bertz CT molecular complexity index is 700. The Kier molecular flexibility index (Phi) is 5.29. The lowest BCUT2D eigenvalue weighted by Gasteiger charge is -2.32. The van der Waals surface area contributed by atoms with E-state index < -0.39 is 0 Å². The average Bonchev–Trinajstić information content (AvgIpc) is 2.62. The van der Waals surface area contributed by atoms with Gasteiger partial charge >= 0.3 is 6.09 Å². The first-order chi connectivity index (χ1) is 11.8. The summed E-state index contributed by atoms with van der Waals surface area (Å²) in [5.74, 6) is 7.06. The second-order valence-electron chi connectivity index (χ2n) is 5.70. The first-order valence-electron chi connectivity index (χ1n) is 8.02. The van der Waals surface area contributed by atoms with E-state index in [4.69, 9.17) is 9.47 Å². The van der Waals surface area contributed by atoms with E-state index in [1.807, 2.05) is 42.5 Å². The normalized spacial score (nSPS) is 23.1. The molecule has 0 aliphatic carbocycles. The quantitative estimate of drug-likeness (QED) is 0.785. The molecule has 0 saturated carbocycles. The molecular formula is C19H20N2O3. The summed E-state index contributed by atoms with van der Waals surface area (Å²) in [5, 5.41) is 0. The van der Waals surface area contributed by atoms with Crippen LogP contribution in [0.3, 0.4) is 0 Å². The molecule has 0 bridgehead atoms. The Morgan fingerprint density at radius 1 is 1.38 bits per heavy atom. The molecule has 0 radical (unpaired) electrons. The molecule has 0 N–H and O–H groups in total. The summed E-state index contributed by atoms with van der Waals surface area (Å²) in [6, 6.07) is 9.87. The zero-order valence-corrected chi connectivity index (χ0v) is 13.6. The van der Waals surface area contributed by atoms with Gasteiger partial charge < -0.3 is 9.47 Å². The van der Waals surface area contributed by atoms with Gasteiger partial charge in [0, 0.05) is 25.6 Å². The van der Waals surface area contributed by atoms with Gasteiger partial charge in [0.25, 0.3) is 0 Å². The van der Waals surface area contributed by atoms with E-state index >= 15 is 0 Å². The zero-order valence-electron chi connectivity index (χ0n) is 13.6. The van der Waals surface area contributed by atoms with E-state index in [1.54, 1.807) is 12.0 Å². The highest BCUT2D eigenvalue weighted by Gasteiger charge is 2.30. The van der Waals surface area contributed by atoms with E-state index in [0.29, 0.717) is 25.5 Å². The van der Waals surface area contributed by atoms with Gasteiger partial charge in [-0.15, -0.1) is 0 Å². The second kappa shape index (κ2) is 7.80. The molecule has 2 aliphatic rings. The summed E-state index contributed by atoms with van der Waals surface area (Å²) in [7, 11) is 1.60. The molecule has 2 aliphatic heterocycles. The van der Waals surface area contributed by atoms with Crippen LogP contribution >= 0.6 is 0 Å². The van der Waals surface area contributed by atoms with Crippen LogP contribution in [-0.4, -0.2) is 49.7 Å². The number of ether oxygens (including phenoxy) is 2. The number of dihydropyridines is 1. The Morgan fingerprint density at radius 3 is 2.88 bits per heavy atom. The summed E-state index contributed by atoms with van der Waals surface area (Å²) in [5.41, 5.74) is 0.990. The van der Waals surface area contributed by atoms with Crippen molar-refractivity contribution in [1.29, 1.82) is 0 Å². The lowest BCUT2D eigenvalue weighted by Crippen LogP contribution is -2.46. The molecule has 1 saturated heterocycles. The number of rotatable bonds is 2. The van der Waals surface area contributed by atoms with Crippen LogP contribution in [0.15, 0.2) is 47.5 Å². The fourth-order valence-electron chi connectivity index (χ4n) is 2.62. The number of methoxy groups -OCH3 is 1. The summed E-state index contributed by atoms with van der Waals surface area (Å²) in [4.78, 5) is 18.1. The summed E-state index contributed by atoms with van der Waals surface area (Å²) < 4.78 is 10.4. The number of nitrogens with zero attached hydrogens (tertiary/aromatic N) is 2. The van der Waals surface area contributed by atoms with Crippen LogP contribution in [0, 0.1) is 17.8 Å². The first kappa shape index (κ1) is 16.3. The SMILES string of the molecule is COCC1CCN(C2=NCC(C#Cc3ccccc3)C=C2)C(=O)O1. The molecule has 0 aromatic heterocycles. The molecule has 1 aromatic rings. The molecule has 2 atom stereocenters. The molecule has 2 unspecified atom stereocenters. The number of benzene rings is 1. The molecular weight excluding hydrogens is 304 g/mol. The number of carbonyl (C=O) groups excluding carboxylic acids is 1. The van der Waals surface area contributed by atoms with Gasteiger partial charge in [0.15, 0.2) is 0 Å². The van der Waals surface area contributed by atoms with Gasteiger partial charge in [0.2, 0.25) is 0 Å². The van der Waals surface area contributed by atoms with Gasteiger partial charge in [0.1, 0.15) is 11.9 Å². The minimum absolute atomic E-state index is 0.0657. The van der Waals surface area contributed by atoms with Crippen LogP contribution in [0.5, 0.6) is 0 Å². The van der Waals surface area contributed by atoms with Crippen LogP contribution < -0.4 is 0 Å². The summed E-state index contributed by atoms with van der Waals surface area (Å²) >= 11 is 0. The van der Waals surface area contributed by atoms with Crippen LogP contribution in [0.25, 0.3) is 0 Å². The van der Waals surface area contributed by atoms with Gasteiger partial charge in [-0.1, -0.05) is 36.1 Å². The van der Waals surface area contributed by atoms with Crippen LogP contribution in [0.2, 0.25) is 0 Å². The smallest absolute Gasteiger partial charge is 0.415 e. The summed E-state index contributed by atoms with van der Waals surface area (Å²) in [6.07, 6.45) is 4.05. The van der Waals surface area contributed by atoms with Crippen LogP contribution in [-0.2, 0) is 9.47 Å². The third-order valence-electron chi connectivity index (χ3n) is 3.89. The van der Waals surface area contributed by atoms with Crippen molar-refractivity contribution >= 4 is 11.9 Å². The molecule has 124 valence electrons. The predicted molar refractivity (Wildman–Crippen MR) is 91.7 cm³/mol. The predicted octanol–water partition coefficient (Wildman–Crippen LogP) is 2.48. The largest absolute Gasteiger partial charge is 0.443 e. The number of aliphatic imine (C=N–C) groups is 1. The number of hydrogen-bond acceptors (Lipinski definition) is 4. The number of hydrogen-bond donors (Lipinski definition) is 0. The number of cyclic esters (lactones) is 1. The number of carbonyl (C=O) groups is 1. The average molecular weight is 324 g/mol. The number of amidine groups is 1. The number of amides is 1. The van der Waals surface area contributed by atoms with Gasteiger partial charge in [-0.25, -0.2) is 4.79 Å². The second-order valence-corrected chi connectivity index (χ2v) is 5.70. The van der Waals surface area contributed by atoms with Crippen LogP contribution in [0.1, 0.15) is 12.0 Å². The van der Waals surface area contributed by atoms with Crippen molar-refractivity contribution in [2.24, 2.45) is 10.9 Å². The monoisotopic (exact) mass is 324 g/mol. The third kappa shape index (κ3) is 4.03. The van der Waals surface area contributed by atoms with Gasteiger partial charge in [-0.3, -0.25) is 9.89 Å². The Labute approximate surface area is 142 Å². The first-order valence-corrected chi connectivity index (χ1v) is 8.02. The van der Waals surface area contributed by atoms with Crippen molar-refractivity contribution in [2.75, 3.05) is 26.8 Å². The lowest BCUT2D eigenvalue weighted by molar-refractivity contribution is 0.00233. The molecule has 5 nitrogen and oxygen atoms in total. The highest BCUT2D eigenvalue weighted by molar-refractivity contribution is 6.03. The maximum Gasteiger partial charge on any atom is 0.415 e. The van der Waals surface area contributed by atoms with Crippen LogP contribution in [0.4, 0.5) is 4.79 Å². The van der Waals surface area contributed by atoms with Crippen molar-refractivity contribution in [3.63, 3.8) is 0 Å². The highest BCUT2D eigenvalue weighted by atomic mass is 16.6. The minimum atomic E-state index is -0.361. The maximum atomic E-state index is 12.1. The molecule has 1 aromatic carbocycles. The van der Waals surface area contributed by atoms with E-state index in [1.165, 1.54) is 0 Å². The van der Waals surface area contributed by atoms with Crippen molar-refractivity contribution in [3.05, 3.63) is 48.0 Å². The Hall–Kier alpha value is -2.58. The molecule has 24 heavy (non-hydrogen) atoms. The zero-order chi connectivity index (χ0) is 16.8. The van der Waals surface area contributed by atoms with Crippen molar-refractivity contribution in [1.82, 2.24) is 4.90 Å². The van der Waals surface area contributed by atoms with Gasteiger partial charge in [-0.2, -0.15) is 0 Å². The molecule has 5 heteroatoms. The lowest BCUT2D eigenvalue weighted by atomic mass is 10.1. The molecule has 2 heterocycles. The van der Waals surface area contributed by atoms with Crippen molar-refractivity contribution in [3.8, 4) is 11.8 Å². The maximum absolute atomic E-state index is 12.1. The molecule has 0 spiro atoms.